The molecule has 8 rings (SSSR count). The number of benzene rings is 4. The summed E-state index contributed by atoms with van der Waals surface area (Å²) >= 11 is 11.6. The summed E-state index contributed by atoms with van der Waals surface area (Å²) in [4.78, 5) is 98.8. The Labute approximate surface area is 447 Å². The predicted molar refractivity (Wildman–Crippen MR) is 299 cm³/mol. The Balaban J connectivity index is 0.000000181. The molecule has 0 saturated carbocycles. The van der Waals surface area contributed by atoms with Gasteiger partial charge in [0, 0.05) is 78.5 Å². The molecular weight excluding hydrogens is 1010 g/mol. The van der Waals surface area contributed by atoms with Gasteiger partial charge in [0.25, 0.3) is 0 Å². The third kappa shape index (κ3) is 19.4. The predicted octanol–water partition coefficient (Wildman–Crippen LogP) is 16.3. The Morgan fingerprint density at radius 2 is 0.644 bits per heavy atom. The number of aryl methyl sites for hydroxylation is 4. The molecule has 0 aliphatic heterocycles. The highest BCUT2D eigenvalue weighted by molar-refractivity contribution is 7.14. The maximum Gasteiger partial charge on any atom is 0.173 e. The van der Waals surface area contributed by atoms with Crippen molar-refractivity contribution in [1.29, 1.82) is 0 Å². The maximum absolute atomic E-state index is 11.9. The summed E-state index contributed by atoms with van der Waals surface area (Å²) in [6, 6.07) is 43.9. The number of rotatable bonds is 20. The summed E-state index contributed by atoms with van der Waals surface area (Å²) in [7, 11) is 0. The average molecular weight is 1070 g/mol. The zero-order chi connectivity index (χ0) is 52.7. The van der Waals surface area contributed by atoms with Gasteiger partial charge in [-0.2, -0.15) is 0 Å². The molecule has 4 heterocycles. The molecule has 8 nitrogen and oxygen atoms in total. The van der Waals surface area contributed by atoms with Crippen molar-refractivity contribution in [3.05, 3.63) is 230 Å². The van der Waals surface area contributed by atoms with Crippen LogP contribution < -0.4 is 0 Å². The van der Waals surface area contributed by atoms with Crippen LogP contribution in [0.15, 0.2) is 162 Å². The highest BCUT2D eigenvalue weighted by Crippen LogP contribution is 2.21. The van der Waals surface area contributed by atoms with Crippen molar-refractivity contribution < 1.29 is 38.4 Å². The summed E-state index contributed by atoms with van der Waals surface area (Å²) in [6.45, 7) is 7.92. The molecule has 0 N–H and O–H groups in total. The van der Waals surface area contributed by atoms with Gasteiger partial charge in [-0.1, -0.05) is 131 Å². The van der Waals surface area contributed by atoms with Crippen LogP contribution in [0, 0.1) is 27.7 Å². The van der Waals surface area contributed by atoms with Crippen LogP contribution in [0.2, 0.25) is 5.02 Å². The lowest BCUT2D eigenvalue weighted by atomic mass is 10.0. The zero-order valence-corrected chi connectivity index (χ0v) is 45.0. The normalized spacial score (nSPS) is 10.3. The molecule has 8 aromatic rings. The van der Waals surface area contributed by atoms with Gasteiger partial charge < -0.3 is 0 Å². The molecule has 0 saturated heterocycles. The molecule has 0 amide bonds. The molecule has 0 unspecified atom stereocenters. The molecule has 0 atom stereocenters. The van der Waals surface area contributed by atoms with Crippen LogP contribution in [0.4, 0.5) is 0 Å². The topological polar surface area (TPSA) is 137 Å². The van der Waals surface area contributed by atoms with Gasteiger partial charge in [0.05, 0.1) is 24.5 Å². The highest BCUT2D eigenvalue weighted by Gasteiger charge is 2.16. The van der Waals surface area contributed by atoms with E-state index in [1.54, 1.807) is 42.5 Å². The van der Waals surface area contributed by atoms with E-state index in [1.165, 1.54) is 45.3 Å². The molecule has 0 spiro atoms. The van der Waals surface area contributed by atoms with E-state index < -0.39 is 0 Å². The van der Waals surface area contributed by atoms with Gasteiger partial charge in [-0.15, -0.1) is 45.3 Å². The second-order valence-electron chi connectivity index (χ2n) is 16.8. The van der Waals surface area contributed by atoms with Crippen molar-refractivity contribution in [3.8, 4) is 0 Å². The summed E-state index contributed by atoms with van der Waals surface area (Å²) in [5.41, 5.74) is 5.90. The minimum atomic E-state index is -0.0921. The Morgan fingerprint density at radius 1 is 0.329 bits per heavy atom. The molecule has 0 bridgehead atoms. The number of ketones is 8. The number of hydrogen-bond donors (Lipinski definition) is 0. The summed E-state index contributed by atoms with van der Waals surface area (Å²) in [6.07, 6.45) is 2.11. The Kier molecular flexibility index (Phi) is 23.3. The first kappa shape index (κ1) is 57.2. The van der Waals surface area contributed by atoms with Crippen LogP contribution in [-0.2, 0) is 0 Å². The second kappa shape index (κ2) is 29.7. The van der Waals surface area contributed by atoms with Crippen LogP contribution >= 0.6 is 56.9 Å². The smallest absolute Gasteiger partial charge is 0.173 e. The van der Waals surface area contributed by atoms with Gasteiger partial charge in [-0.25, -0.2) is 0 Å². The van der Waals surface area contributed by atoms with Crippen LogP contribution in [0.25, 0.3) is 0 Å². The fourth-order valence-corrected chi connectivity index (χ4v) is 9.93. The molecule has 0 fully saturated rings. The van der Waals surface area contributed by atoms with Crippen LogP contribution in [0.5, 0.6) is 0 Å². The third-order valence-electron chi connectivity index (χ3n) is 11.0. The Morgan fingerprint density at radius 3 is 0.945 bits per heavy atom. The lowest BCUT2D eigenvalue weighted by molar-refractivity contribution is 0.0919. The van der Waals surface area contributed by atoms with Gasteiger partial charge in [0.2, 0.25) is 0 Å². The summed E-state index contributed by atoms with van der Waals surface area (Å²) < 4.78 is 0. The molecule has 73 heavy (non-hydrogen) atoms. The van der Waals surface area contributed by atoms with Crippen molar-refractivity contribution in [1.82, 2.24) is 0 Å². The van der Waals surface area contributed by atoms with Gasteiger partial charge in [-0.05, 0) is 86.3 Å². The molecule has 0 aliphatic carbocycles. The highest BCUT2D eigenvalue weighted by atomic mass is 35.5. The zero-order valence-electron chi connectivity index (χ0n) is 41.0. The number of carbonyl (C=O) groups is 8. The number of thiophene rings is 4. The SMILES string of the molecule is Cc1ccc(C(=O)CCC(=O)c2ccc(C)s2)cc1.Cc1ccc(C(=O)CCC(=O)c2cccs2)cc1.Cc1ccc(C(=O)CCC(=O)c2cccs2)cc1.O=C(CCC(=O)c1ccccc1Cl)c1cccs1. The second-order valence-corrected chi connectivity index (χ2v) is 21.3. The number of carbonyl (C=O) groups excluding carboxylic acids is 8. The minimum Gasteiger partial charge on any atom is -0.294 e. The fourth-order valence-electron chi connectivity index (χ4n) is 6.77. The van der Waals surface area contributed by atoms with Gasteiger partial charge >= 0.3 is 0 Å². The van der Waals surface area contributed by atoms with E-state index in [2.05, 4.69) is 0 Å². The largest absolute Gasteiger partial charge is 0.294 e. The van der Waals surface area contributed by atoms with E-state index in [-0.39, 0.29) is 97.6 Å². The van der Waals surface area contributed by atoms with E-state index in [0.29, 0.717) is 32.2 Å². The van der Waals surface area contributed by atoms with Crippen LogP contribution in [-0.4, -0.2) is 46.3 Å². The Bertz CT molecular complexity index is 2970. The van der Waals surface area contributed by atoms with Crippen molar-refractivity contribution in [3.63, 3.8) is 0 Å². The van der Waals surface area contributed by atoms with Crippen molar-refractivity contribution in [2.45, 2.75) is 79.1 Å². The standard InChI is InChI=1S/C16H16O2S.2C15H14O2S.C14H11ClO2S/c1-11-3-6-13(7-4-11)14(17)8-9-15(18)16-10-5-12(2)19-16;2*1-11-4-6-12(7-5-11)13(16)8-9-14(17)15-3-2-10-18-15;15-11-5-2-1-4-10(11)12(16)7-8-13(17)14-6-3-9-18-14/h3-7,10H,8-9H2,1-2H3;2*2-7,10H,8-9H2,1H3;1-6,9H,7-8H2. The van der Waals surface area contributed by atoms with Gasteiger partial charge in [0.1, 0.15) is 0 Å². The molecule has 4 aromatic carbocycles. The maximum atomic E-state index is 11.9. The molecule has 4 aromatic heterocycles. The van der Waals surface area contributed by atoms with E-state index in [9.17, 15) is 38.4 Å². The Hall–Kier alpha value is -6.67. The molecule has 13 heteroatoms. The minimum absolute atomic E-state index is 0.00500. The van der Waals surface area contributed by atoms with E-state index >= 15 is 0 Å². The third-order valence-corrected chi connectivity index (χ3v) is 15.1. The van der Waals surface area contributed by atoms with E-state index in [0.717, 1.165) is 36.2 Å². The molecular formula is C60H55ClO8S4. The first-order valence-electron chi connectivity index (χ1n) is 23.4. The van der Waals surface area contributed by atoms with Crippen molar-refractivity contribution >= 4 is 103 Å². The molecule has 374 valence electrons. The number of Topliss-reactive ketones (excluding diaryl/α,β-unsaturated/α-hetero) is 8. The monoisotopic (exact) mass is 1070 g/mol. The lowest BCUT2D eigenvalue weighted by Gasteiger charge is -2.02. The quantitative estimate of drug-likeness (QED) is 0.0688. The van der Waals surface area contributed by atoms with Crippen molar-refractivity contribution in [2.24, 2.45) is 0 Å². The molecule has 0 radical (unpaired) electrons. The van der Waals surface area contributed by atoms with Gasteiger partial charge in [-0.3, -0.25) is 38.4 Å². The fraction of sp³-hybridized carbons (Fsp3) is 0.200. The van der Waals surface area contributed by atoms with E-state index in [4.69, 9.17) is 11.6 Å². The van der Waals surface area contributed by atoms with Gasteiger partial charge in [0.15, 0.2) is 46.3 Å². The average Bonchev–Trinajstić information content (AvgIpc) is 4.27. The number of halogens is 1. The van der Waals surface area contributed by atoms with Crippen molar-refractivity contribution in [2.75, 3.05) is 0 Å². The number of hydrogen-bond acceptors (Lipinski definition) is 12. The van der Waals surface area contributed by atoms with Crippen LogP contribution in [0.3, 0.4) is 0 Å². The first-order chi connectivity index (χ1) is 35.1. The first-order valence-corrected chi connectivity index (χ1v) is 27.3. The molecule has 0 aliphatic rings. The van der Waals surface area contributed by atoms with Crippen LogP contribution in [0.1, 0.15) is 153 Å². The summed E-state index contributed by atoms with van der Waals surface area (Å²) in [5.74, 6) is 0.145. The summed E-state index contributed by atoms with van der Waals surface area (Å²) in [5, 5.41) is 6.03. The lowest BCUT2D eigenvalue weighted by Crippen LogP contribution is -2.04. The van der Waals surface area contributed by atoms with E-state index in [1.807, 2.05) is 147 Å².